The molecule has 1 aromatic heterocycles. The third-order valence-corrected chi connectivity index (χ3v) is 9.48. The van der Waals surface area contributed by atoms with Crippen LogP contribution in [0.4, 0.5) is 0 Å². The summed E-state index contributed by atoms with van der Waals surface area (Å²) in [6.07, 6.45) is 15.9. The van der Waals surface area contributed by atoms with Gasteiger partial charge in [-0.3, -0.25) is 0 Å². The van der Waals surface area contributed by atoms with Crippen molar-refractivity contribution in [1.82, 2.24) is 0 Å². The number of fused-ring (bicyclic) bond motifs is 7. The van der Waals surface area contributed by atoms with E-state index in [0.29, 0.717) is 6.61 Å². The fourth-order valence-electron chi connectivity index (χ4n) is 7.05. The molecule has 0 bridgehead atoms. The molecule has 0 spiro atoms. The van der Waals surface area contributed by atoms with Gasteiger partial charge in [-0.15, -0.1) is 0 Å². The van der Waals surface area contributed by atoms with Gasteiger partial charge in [-0.1, -0.05) is 141 Å². The summed E-state index contributed by atoms with van der Waals surface area (Å²) in [6, 6.07) is 38.2. The van der Waals surface area contributed by atoms with Gasteiger partial charge in [-0.25, -0.2) is 0 Å². The highest BCUT2D eigenvalue weighted by Gasteiger charge is 2.20. The maximum Gasteiger partial charge on any atom is 0.142 e. The van der Waals surface area contributed by atoms with Gasteiger partial charge in [-0.05, 0) is 86.0 Å². The molecule has 232 valence electrons. The summed E-state index contributed by atoms with van der Waals surface area (Å²) in [7, 11) is 0. The minimum Gasteiger partial charge on any atom is -0.489 e. The first-order valence-corrected chi connectivity index (χ1v) is 16.6. The van der Waals surface area contributed by atoms with E-state index in [2.05, 4.69) is 141 Å². The van der Waals surface area contributed by atoms with Crippen LogP contribution in [0.5, 0.6) is 5.75 Å². The highest BCUT2D eigenvalue weighted by atomic mass is 16.5. The maximum absolute atomic E-state index is 6.69. The molecule has 2 nitrogen and oxygen atoms in total. The Morgan fingerprint density at radius 2 is 1.44 bits per heavy atom. The van der Waals surface area contributed by atoms with E-state index in [0.717, 1.165) is 102 Å². The molecule has 0 saturated heterocycles. The van der Waals surface area contributed by atoms with E-state index in [1.54, 1.807) is 0 Å². The largest absolute Gasteiger partial charge is 0.489 e. The molecule has 0 fully saturated rings. The molecule has 48 heavy (non-hydrogen) atoms. The molecule has 0 saturated carbocycles. The van der Waals surface area contributed by atoms with E-state index in [9.17, 15) is 0 Å². The molecule has 0 amide bonds. The average molecular weight is 621 g/mol. The van der Waals surface area contributed by atoms with Gasteiger partial charge in [0.15, 0.2) is 0 Å². The van der Waals surface area contributed by atoms with E-state index in [4.69, 9.17) is 9.15 Å². The predicted octanol–water partition coefficient (Wildman–Crippen LogP) is 10.2. The average Bonchev–Trinajstić information content (AvgIpc) is 3.54. The third-order valence-electron chi connectivity index (χ3n) is 9.48. The topological polar surface area (TPSA) is 22.4 Å². The zero-order chi connectivity index (χ0) is 32.5. The molecule has 8 rings (SSSR count). The summed E-state index contributed by atoms with van der Waals surface area (Å²) < 4.78 is 13.3. The van der Waals surface area contributed by atoms with E-state index < -0.39 is 0 Å². The maximum atomic E-state index is 6.69. The van der Waals surface area contributed by atoms with Crippen LogP contribution in [0.2, 0.25) is 0 Å². The number of allylic oxidation sites excluding steroid dienone is 5. The van der Waals surface area contributed by atoms with Crippen molar-refractivity contribution in [3.63, 3.8) is 0 Å². The smallest absolute Gasteiger partial charge is 0.142 e. The zero-order valence-electron chi connectivity index (χ0n) is 26.9. The Hall–Kier alpha value is -5.86. The van der Waals surface area contributed by atoms with Crippen LogP contribution < -0.4 is 15.2 Å². The summed E-state index contributed by atoms with van der Waals surface area (Å²) in [5.41, 5.74) is 11.7. The molecule has 1 aliphatic heterocycles. The van der Waals surface area contributed by atoms with Crippen LogP contribution in [-0.2, 0) is 6.42 Å². The highest BCUT2D eigenvalue weighted by Crippen LogP contribution is 2.37. The summed E-state index contributed by atoms with van der Waals surface area (Å²) in [5, 5.41) is 4.51. The molecule has 2 heteroatoms. The van der Waals surface area contributed by atoms with Crippen molar-refractivity contribution in [3.8, 4) is 5.75 Å². The normalized spacial score (nSPS) is 19.2. The molecule has 0 unspecified atom stereocenters. The van der Waals surface area contributed by atoms with Gasteiger partial charge >= 0.3 is 0 Å². The van der Waals surface area contributed by atoms with Gasteiger partial charge in [0, 0.05) is 22.8 Å². The molecule has 0 atom stereocenters. The predicted molar refractivity (Wildman–Crippen MR) is 202 cm³/mol. The van der Waals surface area contributed by atoms with Crippen LogP contribution in [-0.4, -0.2) is 6.61 Å². The Kier molecular flexibility index (Phi) is 7.84. The highest BCUT2D eigenvalue weighted by molar-refractivity contribution is 6.08. The zero-order valence-corrected chi connectivity index (χ0v) is 26.9. The molecule has 6 aromatic rings. The van der Waals surface area contributed by atoms with Crippen molar-refractivity contribution in [1.29, 1.82) is 0 Å². The number of furan rings is 1. The first-order chi connectivity index (χ1) is 23.7. The van der Waals surface area contributed by atoms with E-state index in [1.807, 2.05) is 18.2 Å². The van der Waals surface area contributed by atoms with Crippen LogP contribution in [0.15, 0.2) is 157 Å². The van der Waals surface area contributed by atoms with Gasteiger partial charge in [0.25, 0.3) is 0 Å². The van der Waals surface area contributed by atoms with Gasteiger partial charge < -0.3 is 9.15 Å². The van der Waals surface area contributed by atoms with Crippen LogP contribution in [0.25, 0.3) is 50.8 Å². The standard InChI is InChI=1S/C46H36O2/c1-3-32-16-8-10-18-36(32)31(2)37-19-6-4-5-7-20-38(40-22-12-11-21-39(37)40)35-29-43-33(28-34-17-9-14-24-44(34)47-30-35)26-27-42-41-23-13-15-25-45(41)48-46(42)43/h3,6-27,29H,1-2,4-5,28,30H2/b19-6+,20-7+,35-29-,39-37+,40-38+. The van der Waals surface area contributed by atoms with Crippen LogP contribution in [0.1, 0.15) is 40.7 Å². The lowest BCUT2D eigenvalue weighted by Crippen LogP contribution is -2.30. The molecular weight excluding hydrogens is 585 g/mol. The summed E-state index contributed by atoms with van der Waals surface area (Å²) >= 11 is 0. The van der Waals surface area contributed by atoms with Crippen molar-refractivity contribution in [2.45, 2.75) is 19.3 Å². The number of hydrogen-bond acceptors (Lipinski definition) is 2. The molecule has 0 radical (unpaired) electrons. The summed E-state index contributed by atoms with van der Waals surface area (Å²) in [5.74, 6) is 0.906. The summed E-state index contributed by atoms with van der Waals surface area (Å²) in [4.78, 5) is 0. The first kappa shape index (κ1) is 29.5. The minimum absolute atomic E-state index is 0.409. The van der Waals surface area contributed by atoms with Gasteiger partial charge in [0.1, 0.15) is 23.5 Å². The van der Waals surface area contributed by atoms with Crippen LogP contribution in [0.3, 0.4) is 0 Å². The monoisotopic (exact) mass is 620 g/mol. The Labute approximate surface area is 281 Å². The Bertz CT molecular complexity index is 2460. The van der Waals surface area contributed by atoms with Crippen LogP contribution >= 0.6 is 0 Å². The van der Waals surface area contributed by atoms with Crippen LogP contribution in [0, 0.1) is 0 Å². The Morgan fingerprint density at radius 3 is 2.33 bits per heavy atom. The number of hydrogen-bond donors (Lipinski definition) is 0. The third kappa shape index (κ3) is 5.36. The molecule has 2 aliphatic rings. The van der Waals surface area contributed by atoms with Gasteiger partial charge in [0.05, 0.1) is 0 Å². The fraction of sp³-hybridized carbons (Fsp3) is 0.0870. The van der Waals surface area contributed by atoms with Crippen molar-refractivity contribution in [2.75, 3.05) is 6.61 Å². The van der Waals surface area contributed by atoms with E-state index in [-0.39, 0.29) is 0 Å². The van der Waals surface area contributed by atoms with E-state index in [1.165, 1.54) is 5.56 Å². The van der Waals surface area contributed by atoms with Crippen molar-refractivity contribution < 1.29 is 9.15 Å². The Morgan fingerprint density at radius 1 is 0.688 bits per heavy atom. The fourth-order valence-corrected chi connectivity index (χ4v) is 7.05. The molecule has 2 heterocycles. The van der Waals surface area contributed by atoms with Crippen molar-refractivity contribution >= 4 is 50.8 Å². The van der Waals surface area contributed by atoms with Gasteiger partial charge in [0.2, 0.25) is 0 Å². The molecule has 0 N–H and O–H groups in total. The second kappa shape index (κ2) is 12.7. The SMILES string of the molecule is C=Cc1ccccc1C(=C)C1=c2/cccc/c2=C(\C2=C/c3c(ccc4c3oc3ccccc34)Cc3ccccc3OC2)/C=C/CC/C=C/1. The molecule has 5 aromatic carbocycles. The second-order valence-electron chi connectivity index (χ2n) is 12.4. The lowest BCUT2D eigenvalue weighted by Gasteiger charge is -2.15. The van der Waals surface area contributed by atoms with Crippen molar-refractivity contribution in [2.24, 2.45) is 0 Å². The lowest BCUT2D eigenvalue weighted by atomic mass is 9.90. The number of ether oxygens (including phenoxy) is 1. The first-order valence-electron chi connectivity index (χ1n) is 16.6. The lowest BCUT2D eigenvalue weighted by molar-refractivity contribution is 0.354. The number of benzene rings is 5. The van der Waals surface area contributed by atoms with Crippen molar-refractivity contribution in [3.05, 3.63) is 190 Å². The molecular formula is C46H36O2. The Balaban J connectivity index is 1.45. The quantitative estimate of drug-likeness (QED) is 0.196. The molecule has 1 aliphatic carbocycles. The number of rotatable bonds is 4. The minimum atomic E-state index is 0.409. The number of para-hydroxylation sites is 2. The second-order valence-corrected chi connectivity index (χ2v) is 12.4. The van der Waals surface area contributed by atoms with E-state index >= 15 is 0 Å². The van der Waals surface area contributed by atoms with Gasteiger partial charge in [-0.2, -0.15) is 0 Å². The summed E-state index contributed by atoms with van der Waals surface area (Å²) in [6.45, 7) is 9.14.